The summed E-state index contributed by atoms with van der Waals surface area (Å²) in [5.74, 6) is -1.47. The van der Waals surface area contributed by atoms with E-state index in [-0.39, 0.29) is 48.0 Å². The monoisotopic (exact) mass is 519 g/mol. The molecule has 204 valence electrons. The van der Waals surface area contributed by atoms with E-state index in [9.17, 15) is 19.8 Å². The zero-order valence-corrected chi connectivity index (χ0v) is 21.6. The van der Waals surface area contributed by atoms with E-state index in [4.69, 9.17) is 24.0 Å². The van der Waals surface area contributed by atoms with Crippen LogP contribution in [0, 0.1) is 23.7 Å². The largest absolute Gasteiger partial charge is 0.504 e. The summed E-state index contributed by atoms with van der Waals surface area (Å²) >= 11 is 0. The smallest absolute Gasteiger partial charge is 0.308 e. The van der Waals surface area contributed by atoms with E-state index < -0.39 is 29.9 Å². The standard InChI is InChI=1S/C27H37NO9/c1-15-4-6-19-16(2)24(34-25-27(19)18(15)10-12-26(3,35-25)36-37-27)33-23(32)9-8-22(31)28-13-11-17-5-7-20(29)21(30)14-17/h5,7,14-16,18-19,24-25,29-30H,4,6,8-13H2,1-3H3,(H,28,31)/t15-,16-,18?,19?,24-,25-,26+,27-/m1/s1. The van der Waals surface area contributed by atoms with Gasteiger partial charge >= 0.3 is 5.97 Å². The lowest BCUT2D eigenvalue weighted by molar-refractivity contribution is -0.576. The van der Waals surface area contributed by atoms with Crippen LogP contribution in [0.15, 0.2) is 18.2 Å². The predicted molar refractivity (Wildman–Crippen MR) is 129 cm³/mol. The Morgan fingerprint density at radius 3 is 2.68 bits per heavy atom. The van der Waals surface area contributed by atoms with Gasteiger partial charge in [-0.15, -0.1) is 0 Å². The normalized spacial score (nSPS) is 38.4. The van der Waals surface area contributed by atoms with E-state index in [1.165, 1.54) is 12.1 Å². The molecule has 1 spiro atoms. The number of carbonyl (C=O) groups is 2. The lowest BCUT2D eigenvalue weighted by atomic mass is 9.58. The average Bonchev–Trinajstić information content (AvgIpc) is 3.09. The summed E-state index contributed by atoms with van der Waals surface area (Å²) < 4.78 is 18.3. The number of fused-ring (bicyclic) bond motifs is 2. The second kappa shape index (κ2) is 10.1. The molecule has 1 saturated carbocycles. The van der Waals surface area contributed by atoms with E-state index in [2.05, 4.69) is 12.2 Å². The van der Waals surface area contributed by atoms with Crippen molar-refractivity contribution in [1.29, 1.82) is 0 Å². The second-order valence-corrected chi connectivity index (χ2v) is 11.2. The number of phenols is 2. The van der Waals surface area contributed by atoms with Gasteiger partial charge in [-0.2, -0.15) is 0 Å². The molecule has 4 heterocycles. The zero-order chi connectivity index (χ0) is 26.4. The second-order valence-electron chi connectivity index (χ2n) is 11.2. The molecule has 0 aromatic heterocycles. The number of esters is 1. The molecule has 6 rings (SSSR count). The van der Waals surface area contributed by atoms with Crippen molar-refractivity contribution in [1.82, 2.24) is 5.32 Å². The molecule has 5 fully saturated rings. The Hall–Kier alpha value is -2.40. The Bertz CT molecular complexity index is 1030. The molecule has 4 aliphatic heterocycles. The maximum Gasteiger partial charge on any atom is 0.308 e. The summed E-state index contributed by atoms with van der Waals surface area (Å²) in [6.45, 7) is 6.44. The molecule has 2 unspecified atom stereocenters. The summed E-state index contributed by atoms with van der Waals surface area (Å²) in [5.41, 5.74) is 0.0534. The molecule has 8 atom stereocenters. The van der Waals surface area contributed by atoms with Crippen LogP contribution in [0.2, 0.25) is 0 Å². The fraction of sp³-hybridized carbons (Fsp3) is 0.704. The van der Waals surface area contributed by atoms with Crippen molar-refractivity contribution in [3.05, 3.63) is 23.8 Å². The SMILES string of the molecule is C[C@@H]1CCC2[C@@H](C)[C@H](OC(=O)CCC(=O)NCCc3ccc(O)c(O)c3)O[C@@H]3O[C@]4(C)CCC1[C@@]23OO4. The molecule has 37 heavy (non-hydrogen) atoms. The maximum atomic E-state index is 12.7. The van der Waals surface area contributed by atoms with Crippen molar-refractivity contribution in [2.75, 3.05) is 6.54 Å². The van der Waals surface area contributed by atoms with Gasteiger partial charge in [0.25, 0.3) is 0 Å². The van der Waals surface area contributed by atoms with Crippen molar-refractivity contribution in [2.24, 2.45) is 23.7 Å². The minimum atomic E-state index is -0.899. The van der Waals surface area contributed by atoms with Crippen LogP contribution in [0.3, 0.4) is 0 Å². The quantitative estimate of drug-likeness (QED) is 0.282. The Balaban J connectivity index is 1.14. The Morgan fingerprint density at radius 2 is 1.89 bits per heavy atom. The van der Waals surface area contributed by atoms with Gasteiger partial charge in [-0.3, -0.25) is 9.59 Å². The number of phenolic OH excluding ortho intramolecular Hbond substituents is 2. The molecule has 1 aliphatic carbocycles. The molecular formula is C27H37NO9. The zero-order valence-electron chi connectivity index (χ0n) is 21.6. The van der Waals surface area contributed by atoms with Crippen LogP contribution < -0.4 is 5.32 Å². The lowest BCUT2D eigenvalue weighted by Crippen LogP contribution is -2.70. The predicted octanol–water partition coefficient (Wildman–Crippen LogP) is 3.29. The summed E-state index contributed by atoms with van der Waals surface area (Å²) in [7, 11) is 0. The first-order valence-corrected chi connectivity index (χ1v) is 13.3. The van der Waals surface area contributed by atoms with Crippen molar-refractivity contribution in [3.63, 3.8) is 0 Å². The summed E-state index contributed by atoms with van der Waals surface area (Å²) in [5, 5.41) is 21.7. The molecule has 10 nitrogen and oxygen atoms in total. The molecule has 10 heteroatoms. The number of hydrogen-bond acceptors (Lipinski definition) is 9. The molecule has 1 aromatic carbocycles. The Labute approximate surface area is 216 Å². The van der Waals surface area contributed by atoms with Crippen LogP contribution in [0.25, 0.3) is 0 Å². The van der Waals surface area contributed by atoms with Crippen molar-refractivity contribution < 1.29 is 43.8 Å². The van der Waals surface area contributed by atoms with E-state index in [1.807, 2.05) is 13.8 Å². The van der Waals surface area contributed by atoms with Gasteiger partial charge in [0.05, 0.1) is 6.42 Å². The Kier molecular flexibility index (Phi) is 7.12. The maximum absolute atomic E-state index is 12.7. The van der Waals surface area contributed by atoms with E-state index >= 15 is 0 Å². The van der Waals surface area contributed by atoms with Crippen molar-refractivity contribution >= 4 is 11.9 Å². The number of benzene rings is 1. The van der Waals surface area contributed by atoms with Gasteiger partial charge in [0.1, 0.15) is 0 Å². The highest BCUT2D eigenvalue weighted by Gasteiger charge is 2.69. The summed E-state index contributed by atoms with van der Waals surface area (Å²) in [4.78, 5) is 36.8. The van der Waals surface area contributed by atoms with Gasteiger partial charge < -0.3 is 29.7 Å². The summed E-state index contributed by atoms with van der Waals surface area (Å²) in [6.07, 6.45) is 2.50. The minimum absolute atomic E-state index is 0.0112. The van der Waals surface area contributed by atoms with Crippen LogP contribution >= 0.6 is 0 Å². The Morgan fingerprint density at radius 1 is 1.08 bits per heavy atom. The first kappa shape index (κ1) is 26.2. The summed E-state index contributed by atoms with van der Waals surface area (Å²) in [6, 6.07) is 4.52. The van der Waals surface area contributed by atoms with E-state index in [0.717, 1.165) is 24.8 Å². The van der Waals surface area contributed by atoms with Gasteiger partial charge in [-0.05, 0) is 62.1 Å². The van der Waals surface area contributed by atoms with Crippen LogP contribution in [-0.4, -0.2) is 52.6 Å². The number of ether oxygens (including phenoxy) is 3. The molecule has 2 bridgehead atoms. The van der Waals surface area contributed by atoms with Crippen LogP contribution in [-0.2, 0) is 40.0 Å². The molecule has 5 aliphatic rings. The van der Waals surface area contributed by atoms with E-state index in [1.54, 1.807) is 6.07 Å². The molecule has 1 aromatic rings. The van der Waals surface area contributed by atoms with E-state index in [0.29, 0.717) is 25.3 Å². The number of carbonyl (C=O) groups excluding carboxylic acids is 2. The third-order valence-electron chi connectivity index (χ3n) is 8.68. The molecule has 0 radical (unpaired) electrons. The van der Waals surface area contributed by atoms with Gasteiger partial charge in [-0.25, -0.2) is 9.78 Å². The third-order valence-corrected chi connectivity index (χ3v) is 8.68. The molecule has 4 saturated heterocycles. The number of nitrogens with one attached hydrogen (secondary N) is 1. The number of rotatable bonds is 7. The molecular weight excluding hydrogens is 482 g/mol. The van der Waals surface area contributed by atoms with Crippen LogP contribution in [0.5, 0.6) is 11.5 Å². The first-order chi connectivity index (χ1) is 17.6. The van der Waals surface area contributed by atoms with Crippen LogP contribution in [0.1, 0.15) is 64.9 Å². The highest BCUT2D eigenvalue weighted by atomic mass is 17.3. The van der Waals surface area contributed by atoms with Crippen LogP contribution in [0.4, 0.5) is 0 Å². The molecule has 1 amide bonds. The average molecular weight is 520 g/mol. The van der Waals surface area contributed by atoms with Gasteiger partial charge in [0.2, 0.25) is 18.0 Å². The fourth-order valence-electron chi connectivity index (χ4n) is 6.57. The van der Waals surface area contributed by atoms with Crippen molar-refractivity contribution in [2.45, 2.75) is 89.7 Å². The highest BCUT2D eigenvalue weighted by Crippen LogP contribution is 2.60. The number of amides is 1. The van der Waals surface area contributed by atoms with Gasteiger partial charge in [0.15, 0.2) is 23.4 Å². The third kappa shape index (κ3) is 4.92. The topological polar surface area (TPSA) is 133 Å². The van der Waals surface area contributed by atoms with Gasteiger partial charge in [-0.1, -0.05) is 19.9 Å². The number of hydrogen-bond donors (Lipinski definition) is 3. The number of aromatic hydroxyl groups is 2. The fourth-order valence-corrected chi connectivity index (χ4v) is 6.57. The van der Waals surface area contributed by atoms with Crippen molar-refractivity contribution in [3.8, 4) is 11.5 Å². The minimum Gasteiger partial charge on any atom is -0.504 e. The highest BCUT2D eigenvalue weighted by molar-refractivity contribution is 5.81. The van der Waals surface area contributed by atoms with Gasteiger partial charge in [0, 0.05) is 31.2 Å². The first-order valence-electron chi connectivity index (χ1n) is 13.3. The lowest BCUT2D eigenvalue weighted by Gasteiger charge is -2.59. The molecule has 3 N–H and O–H groups in total.